The van der Waals surface area contributed by atoms with E-state index in [0.717, 1.165) is 79.0 Å². The molecule has 1 N–H and O–H groups in total. The molecule has 1 unspecified atom stereocenters. The van der Waals surface area contributed by atoms with Crippen molar-refractivity contribution in [3.8, 4) is 11.4 Å². The van der Waals surface area contributed by atoms with Gasteiger partial charge in [-0.2, -0.15) is 0 Å². The second-order valence-corrected chi connectivity index (χ2v) is 10.2. The zero-order chi connectivity index (χ0) is 25.3. The first-order valence-electron chi connectivity index (χ1n) is 12.9. The molecular weight excluding hydrogens is 518 g/mol. The van der Waals surface area contributed by atoms with E-state index in [2.05, 4.69) is 44.0 Å². The van der Waals surface area contributed by atoms with Crippen molar-refractivity contribution in [3.63, 3.8) is 0 Å². The lowest BCUT2D eigenvalue weighted by molar-refractivity contribution is -0.121. The lowest BCUT2D eigenvalue weighted by atomic mass is 10.1. The number of para-hydroxylation sites is 1. The van der Waals surface area contributed by atoms with Crippen molar-refractivity contribution in [2.45, 2.75) is 39.2 Å². The molecule has 1 aromatic heterocycles. The Kier molecular flexibility index (Phi) is 9.67. The van der Waals surface area contributed by atoms with Crippen LogP contribution in [0.1, 0.15) is 33.1 Å². The highest BCUT2D eigenvalue weighted by Gasteiger charge is 2.18. The van der Waals surface area contributed by atoms with E-state index in [-0.39, 0.29) is 11.9 Å². The van der Waals surface area contributed by atoms with Crippen molar-refractivity contribution in [1.82, 2.24) is 20.2 Å². The summed E-state index contributed by atoms with van der Waals surface area (Å²) in [5, 5.41) is 4.10. The fourth-order valence-electron chi connectivity index (χ4n) is 4.38. The highest BCUT2D eigenvalue weighted by molar-refractivity contribution is 9.10. The molecule has 192 valence electrons. The van der Waals surface area contributed by atoms with E-state index in [1.54, 1.807) is 0 Å². The van der Waals surface area contributed by atoms with Crippen LogP contribution in [0.2, 0.25) is 0 Å². The number of ether oxygens (including phenoxy) is 1. The van der Waals surface area contributed by atoms with Crippen molar-refractivity contribution in [2.75, 3.05) is 50.8 Å². The SMILES string of the molecule is CCC(C)NC(=O)CCN(CCCN1CCOCC1)c1nc(-c2cccc(Br)c2)nc2ccccc12. The number of amides is 1. The molecule has 0 saturated carbocycles. The van der Waals surface area contributed by atoms with Crippen molar-refractivity contribution in [3.05, 3.63) is 53.0 Å². The number of anilines is 1. The van der Waals surface area contributed by atoms with E-state index in [1.165, 1.54) is 0 Å². The number of carbonyl (C=O) groups is 1. The van der Waals surface area contributed by atoms with Gasteiger partial charge < -0.3 is 15.0 Å². The first-order valence-corrected chi connectivity index (χ1v) is 13.7. The lowest BCUT2D eigenvalue weighted by Gasteiger charge is -2.29. The third-order valence-electron chi connectivity index (χ3n) is 6.60. The van der Waals surface area contributed by atoms with Crippen LogP contribution in [0.4, 0.5) is 5.82 Å². The monoisotopic (exact) mass is 553 g/mol. The Morgan fingerprint density at radius 3 is 2.72 bits per heavy atom. The van der Waals surface area contributed by atoms with Gasteiger partial charge in [-0.25, -0.2) is 9.97 Å². The van der Waals surface area contributed by atoms with E-state index >= 15 is 0 Å². The Morgan fingerprint density at radius 2 is 1.94 bits per heavy atom. The van der Waals surface area contributed by atoms with Crippen LogP contribution in [0.15, 0.2) is 53.0 Å². The minimum atomic E-state index is 0.0769. The summed E-state index contributed by atoms with van der Waals surface area (Å²) in [4.78, 5) is 27.3. The molecule has 4 rings (SSSR count). The van der Waals surface area contributed by atoms with Gasteiger partial charge in [0, 0.05) is 60.6 Å². The van der Waals surface area contributed by atoms with E-state index in [4.69, 9.17) is 14.7 Å². The van der Waals surface area contributed by atoms with Gasteiger partial charge in [0.25, 0.3) is 0 Å². The number of rotatable bonds is 11. The topological polar surface area (TPSA) is 70.6 Å². The minimum absolute atomic E-state index is 0.0769. The largest absolute Gasteiger partial charge is 0.379 e. The number of carbonyl (C=O) groups excluding carboxylic acids is 1. The Morgan fingerprint density at radius 1 is 1.14 bits per heavy atom. The van der Waals surface area contributed by atoms with Gasteiger partial charge in [0.05, 0.1) is 18.7 Å². The molecule has 0 radical (unpaired) electrons. The van der Waals surface area contributed by atoms with Crippen molar-refractivity contribution in [2.24, 2.45) is 0 Å². The van der Waals surface area contributed by atoms with E-state index in [0.29, 0.717) is 18.8 Å². The molecule has 1 saturated heterocycles. The molecule has 0 bridgehead atoms. The molecular formula is C28H36BrN5O2. The number of hydrogen-bond acceptors (Lipinski definition) is 6. The van der Waals surface area contributed by atoms with Crippen LogP contribution >= 0.6 is 15.9 Å². The Hall–Kier alpha value is -2.55. The summed E-state index contributed by atoms with van der Waals surface area (Å²) >= 11 is 3.57. The molecule has 2 aromatic carbocycles. The maximum Gasteiger partial charge on any atom is 0.221 e. The number of hydrogen-bond donors (Lipinski definition) is 1. The average molecular weight is 555 g/mol. The molecule has 36 heavy (non-hydrogen) atoms. The molecule has 1 fully saturated rings. The third-order valence-corrected chi connectivity index (χ3v) is 7.09. The van der Waals surface area contributed by atoms with Crippen molar-refractivity contribution < 1.29 is 9.53 Å². The minimum Gasteiger partial charge on any atom is -0.379 e. The van der Waals surface area contributed by atoms with Gasteiger partial charge in [-0.1, -0.05) is 47.1 Å². The maximum atomic E-state index is 12.7. The molecule has 1 atom stereocenters. The maximum absolute atomic E-state index is 12.7. The number of morpholine rings is 1. The number of benzene rings is 2. The molecule has 1 aliphatic heterocycles. The predicted octanol–water partition coefficient (Wildman–Crippen LogP) is 4.89. The first-order chi connectivity index (χ1) is 17.5. The highest BCUT2D eigenvalue weighted by atomic mass is 79.9. The van der Waals surface area contributed by atoms with Crippen LogP contribution in [0.3, 0.4) is 0 Å². The number of nitrogens with one attached hydrogen (secondary N) is 1. The van der Waals surface area contributed by atoms with Gasteiger partial charge in [0.15, 0.2) is 5.82 Å². The van der Waals surface area contributed by atoms with Gasteiger partial charge in [-0.05, 0) is 44.0 Å². The third kappa shape index (κ3) is 7.24. The molecule has 8 heteroatoms. The van der Waals surface area contributed by atoms with E-state index < -0.39 is 0 Å². The van der Waals surface area contributed by atoms with Crippen molar-refractivity contribution >= 4 is 38.6 Å². The summed E-state index contributed by atoms with van der Waals surface area (Å²) in [5.74, 6) is 1.65. The van der Waals surface area contributed by atoms with Crippen LogP contribution in [-0.4, -0.2) is 72.8 Å². The first kappa shape index (κ1) is 26.5. The highest BCUT2D eigenvalue weighted by Crippen LogP contribution is 2.29. The van der Waals surface area contributed by atoms with E-state index in [9.17, 15) is 4.79 Å². The lowest BCUT2D eigenvalue weighted by Crippen LogP contribution is -2.39. The van der Waals surface area contributed by atoms with Crippen LogP contribution in [-0.2, 0) is 9.53 Å². The van der Waals surface area contributed by atoms with Crippen LogP contribution in [0.5, 0.6) is 0 Å². The zero-order valence-corrected chi connectivity index (χ0v) is 22.8. The quantitative estimate of drug-likeness (QED) is 0.364. The normalized spacial score (nSPS) is 15.1. The van der Waals surface area contributed by atoms with E-state index in [1.807, 2.05) is 49.4 Å². The summed E-state index contributed by atoms with van der Waals surface area (Å²) in [7, 11) is 0. The molecule has 0 aliphatic carbocycles. The van der Waals surface area contributed by atoms with Gasteiger partial charge in [-0.15, -0.1) is 0 Å². The van der Waals surface area contributed by atoms with Crippen LogP contribution in [0.25, 0.3) is 22.3 Å². The second kappa shape index (κ2) is 13.1. The molecule has 1 aliphatic rings. The molecule has 0 spiro atoms. The summed E-state index contributed by atoms with van der Waals surface area (Å²) < 4.78 is 6.49. The second-order valence-electron chi connectivity index (χ2n) is 9.32. The van der Waals surface area contributed by atoms with Gasteiger partial charge in [0.1, 0.15) is 5.82 Å². The average Bonchev–Trinajstić information content (AvgIpc) is 2.90. The number of nitrogens with zero attached hydrogens (tertiary/aromatic N) is 4. The van der Waals surface area contributed by atoms with Gasteiger partial charge in [0.2, 0.25) is 5.91 Å². The van der Waals surface area contributed by atoms with Gasteiger partial charge >= 0.3 is 0 Å². The predicted molar refractivity (Wildman–Crippen MR) is 149 cm³/mol. The fourth-order valence-corrected chi connectivity index (χ4v) is 4.78. The zero-order valence-electron chi connectivity index (χ0n) is 21.3. The van der Waals surface area contributed by atoms with Crippen LogP contribution in [0, 0.1) is 0 Å². The molecule has 3 aromatic rings. The Labute approximate surface area is 222 Å². The molecule has 7 nitrogen and oxygen atoms in total. The Balaban J connectivity index is 1.62. The summed E-state index contributed by atoms with van der Waals surface area (Å²) in [5.41, 5.74) is 1.86. The molecule has 1 amide bonds. The standard InChI is InChI=1S/C28H36BrN5O2/c1-3-21(2)30-26(35)12-15-34(14-7-13-33-16-18-36-19-17-33)28-24-10-4-5-11-25(24)31-27(32-28)22-8-6-9-23(29)20-22/h4-6,8-11,20-21H,3,7,12-19H2,1-2H3,(H,30,35). The van der Waals surface area contributed by atoms with Crippen LogP contribution < -0.4 is 10.2 Å². The van der Waals surface area contributed by atoms with Crippen molar-refractivity contribution in [1.29, 1.82) is 0 Å². The molecule has 2 heterocycles. The number of halogens is 1. The smallest absolute Gasteiger partial charge is 0.221 e. The summed E-state index contributed by atoms with van der Waals surface area (Å²) in [6, 6.07) is 16.4. The fraction of sp³-hybridized carbons (Fsp3) is 0.464. The number of fused-ring (bicyclic) bond motifs is 1. The summed E-state index contributed by atoms with van der Waals surface area (Å²) in [6.45, 7) is 10.1. The van der Waals surface area contributed by atoms with Gasteiger partial charge in [-0.3, -0.25) is 9.69 Å². The Bertz CT molecular complexity index is 1150. The number of aromatic nitrogens is 2. The summed E-state index contributed by atoms with van der Waals surface area (Å²) in [6.07, 6.45) is 2.32.